The number of nitrogens with one attached hydrogen (secondary N) is 3. The zero-order valence-electron chi connectivity index (χ0n) is 15.8. The van der Waals surface area contributed by atoms with Crippen LogP contribution < -0.4 is 20.5 Å². The topological polar surface area (TPSA) is 153 Å². The molecule has 10 nitrogen and oxygen atoms in total. The van der Waals surface area contributed by atoms with Crippen LogP contribution in [-0.2, 0) is 19.7 Å². The monoisotopic (exact) mass is 441 g/mol. The smallest absolute Gasteiger partial charge is 0.407 e. The van der Waals surface area contributed by atoms with Crippen molar-refractivity contribution in [2.24, 2.45) is 5.14 Å². The number of thiazole rings is 1. The van der Waals surface area contributed by atoms with Gasteiger partial charge in [-0.25, -0.2) is 19.6 Å². The number of anilines is 1. The van der Waals surface area contributed by atoms with E-state index in [9.17, 15) is 18.0 Å². The highest BCUT2D eigenvalue weighted by molar-refractivity contribution is 7.87. The standard InChI is InChI=1S/C17H23N5O5S2/c1-27-17(24)21-13(9-5-6-10-19-29(18,25)26)15(23)22-16-20-14(11-28-16)12-7-3-2-4-8-12/h2-4,7-8,11,13,19H,5-6,9-10H2,1H3,(H,21,24)(H2,18,25,26)(H,20,22,23). The Bertz CT molecular complexity index is 917. The Labute approximate surface area is 173 Å². The molecule has 2 rings (SSSR count). The number of carbonyl (C=O) groups excluding carboxylic acids is 2. The summed E-state index contributed by atoms with van der Waals surface area (Å²) in [7, 11) is -2.55. The summed E-state index contributed by atoms with van der Waals surface area (Å²) in [6, 6.07) is 8.67. The van der Waals surface area contributed by atoms with Gasteiger partial charge in [0.05, 0.1) is 12.8 Å². The second-order valence-corrected chi connectivity index (χ2v) is 8.25. The number of rotatable bonds is 10. The van der Waals surface area contributed by atoms with Crippen LogP contribution in [-0.4, -0.2) is 45.1 Å². The molecule has 0 aliphatic rings. The van der Waals surface area contributed by atoms with Crippen LogP contribution in [0.25, 0.3) is 11.3 Å². The van der Waals surface area contributed by atoms with Crippen molar-refractivity contribution in [3.8, 4) is 11.3 Å². The van der Waals surface area contributed by atoms with E-state index in [1.54, 1.807) is 0 Å². The Hall–Kier alpha value is -2.54. The molecule has 1 heterocycles. The minimum Gasteiger partial charge on any atom is -0.453 e. The molecule has 29 heavy (non-hydrogen) atoms. The van der Waals surface area contributed by atoms with Gasteiger partial charge in [0.1, 0.15) is 6.04 Å². The van der Waals surface area contributed by atoms with Crippen LogP contribution in [0.15, 0.2) is 35.7 Å². The predicted octanol–water partition coefficient (Wildman–Crippen LogP) is 1.44. The average molecular weight is 442 g/mol. The van der Waals surface area contributed by atoms with Crippen molar-refractivity contribution in [3.05, 3.63) is 35.7 Å². The summed E-state index contributed by atoms with van der Waals surface area (Å²) >= 11 is 1.27. The number of benzene rings is 1. The Balaban J connectivity index is 1.94. The zero-order valence-corrected chi connectivity index (χ0v) is 17.4. The normalized spacial score (nSPS) is 12.2. The SMILES string of the molecule is COC(=O)NC(CCCCNS(N)(=O)=O)C(=O)Nc1nc(-c2ccccc2)cs1. The molecular weight excluding hydrogens is 418 g/mol. The van der Waals surface area contributed by atoms with Crippen LogP contribution in [0.1, 0.15) is 19.3 Å². The molecule has 1 atom stereocenters. The lowest BCUT2D eigenvalue weighted by molar-refractivity contribution is -0.118. The van der Waals surface area contributed by atoms with Crippen molar-refractivity contribution >= 4 is 38.7 Å². The van der Waals surface area contributed by atoms with E-state index in [4.69, 9.17) is 5.14 Å². The maximum absolute atomic E-state index is 12.6. The van der Waals surface area contributed by atoms with Crippen molar-refractivity contribution < 1.29 is 22.7 Å². The molecule has 0 saturated heterocycles. The first kappa shape index (κ1) is 22.7. The molecule has 2 amide bonds. The minimum absolute atomic E-state index is 0.137. The van der Waals surface area contributed by atoms with Crippen LogP contribution in [0.3, 0.4) is 0 Å². The highest BCUT2D eigenvalue weighted by Gasteiger charge is 2.22. The highest BCUT2D eigenvalue weighted by atomic mass is 32.2. The number of hydrogen-bond acceptors (Lipinski definition) is 7. The fraction of sp³-hybridized carbons (Fsp3) is 0.353. The van der Waals surface area contributed by atoms with Gasteiger partial charge in [-0.15, -0.1) is 11.3 Å². The number of ether oxygens (including phenoxy) is 1. The van der Waals surface area contributed by atoms with Crippen LogP contribution >= 0.6 is 11.3 Å². The van der Waals surface area contributed by atoms with E-state index < -0.39 is 28.3 Å². The summed E-state index contributed by atoms with van der Waals surface area (Å²) in [5.74, 6) is -0.441. The number of methoxy groups -OCH3 is 1. The second kappa shape index (κ2) is 10.9. The largest absolute Gasteiger partial charge is 0.453 e. The molecule has 1 aromatic heterocycles. The molecule has 0 aliphatic carbocycles. The molecule has 5 N–H and O–H groups in total. The van der Waals surface area contributed by atoms with Gasteiger partial charge in [0.15, 0.2) is 5.13 Å². The molecule has 0 spiro atoms. The summed E-state index contributed by atoms with van der Waals surface area (Å²) in [6.45, 7) is 0.137. The molecule has 0 saturated carbocycles. The number of nitrogens with zero attached hydrogens (tertiary/aromatic N) is 1. The number of aromatic nitrogens is 1. The fourth-order valence-electron chi connectivity index (χ4n) is 2.42. The molecule has 0 bridgehead atoms. The lowest BCUT2D eigenvalue weighted by Gasteiger charge is -2.16. The number of hydrogen-bond donors (Lipinski definition) is 4. The van der Waals surface area contributed by atoms with E-state index in [0.717, 1.165) is 11.3 Å². The maximum atomic E-state index is 12.6. The van der Waals surface area contributed by atoms with Gasteiger partial charge < -0.3 is 15.4 Å². The van der Waals surface area contributed by atoms with Crippen LogP contribution in [0, 0.1) is 0 Å². The molecule has 0 radical (unpaired) electrons. The van der Waals surface area contributed by atoms with Crippen molar-refractivity contribution in [1.82, 2.24) is 15.0 Å². The quantitative estimate of drug-likeness (QED) is 0.409. The molecular formula is C17H23N5O5S2. The van der Waals surface area contributed by atoms with Crippen LogP contribution in [0.2, 0.25) is 0 Å². The summed E-state index contributed by atoms with van der Waals surface area (Å²) in [5.41, 5.74) is 1.66. The molecule has 1 unspecified atom stereocenters. The number of alkyl carbamates (subject to hydrolysis) is 1. The summed E-state index contributed by atoms with van der Waals surface area (Å²) in [4.78, 5) is 28.5. The third-order valence-corrected chi connectivity index (χ3v) is 5.18. The van der Waals surface area contributed by atoms with Gasteiger partial charge in [0, 0.05) is 17.5 Å². The first-order valence-electron chi connectivity index (χ1n) is 8.72. The third-order valence-electron chi connectivity index (χ3n) is 3.82. The van der Waals surface area contributed by atoms with Crippen molar-refractivity contribution in [1.29, 1.82) is 0 Å². The van der Waals surface area contributed by atoms with E-state index in [1.165, 1.54) is 18.4 Å². The summed E-state index contributed by atoms with van der Waals surface area (Å²) in [6.07, 6.45) is 0.456. The lowest BCUT2D eigenvalue weighted by atomic mass is 10.1. The number of nitrogens with two attached hydrogens (primary N) is 1. The first-order valence-corrected chi connectivity index (χ1v) is 11.1. The van der Waals surface area contributed by atoms with Crippen molar-refractivity contribution in [3.63, 3.8) is 0 Å². The van der Waals surface area contributed by atoms with E-state index >= 15 is 0 Å². The third kappa shape index (κ3) is 8.15. The molecule has 1 aromatic carbocycles. The summed E-state index contributed by atoms with van der Waals surface area (Å²) in [5, 5.41) is 12.3. The van der Waals surface area contributed by atoms with E-state index in [-0.39, 0.29) is 13.0 Å². The van der Waals surface area contributed by atoms with Crippen LogP contribution in [0.5, 0.6) is 0 Å². The second-order valence-electron chi connectivity index (χ2n) is 6.02. The molecule has 12 heteroatoms. The van der Waals surface area contributed by atoms with E-state index in [0.29, 0.717) is 18.0 Å². The molecule has 0 aliphatic heterocycles. The van der Waals surface area contributed by atoms with Gasteiger partial charge in [-0.2, -0.15) is 8.42 Å². The van der Waals surface area contributed by atoms with Gasteiger partial charge >= 0.3 is 6.09 Å². The molecule has 158 valence electrons. The lowest BCUT2D eigenvalue weighted by Crippen LogP contribution is -2.43. The van der Waals surface area contributed by atoms with Gasteiger partial charge in [0.2, 0.25) is 5.91 Å². The van der Waals surface area contributed by atoms with Gasteiger partial charge in [0.25, 0.3) is 10.2 Å². The maximum Gasteiger partial charge on any atom is 0.407 e. The number of carbonyl (C=O) groups is 2. The number of amides is 2. The van der Waals surface area contributed by atoms with Gasteiger partial charge in [-0.3, -0.25) is 4.79 Å². The zero-order chi connectivity index (χ0) is 21.3. The van der Waals surface area contributed by atoms with Gasteiger partial charge in [-0.1, -0.05) is 30.3 Å². The Morgan fingerprint density at radius 2 is 1.97 bits per heavy atom. The van der Waals surface area contributed by atoms with Crippen LogP contribution in [0.4, 0.5) is 9.93 Å². The minimum atomic E-state index is -3.75. The van der Waals surface area contributed by atoms with Crippen molar-refractivity contribution in [2.75, 3.05) is 19.0 Å². The van der Waals surface area contributed by atoms with Crippen molar-refractivity contribution in [2.45, 2.75) is 25.3 Å². The van der Waals surface area contributed by atoms with Gasteiger partial charge in [-0.05, 0) is 19.3 Å². The average Bonchev–Trinajstić information content (AvgIpc) is 3.14. The fourth-order valence-corrected chi connectivity index (χ4v) is 3.57. The Morgan fingerprint density at radius 3 is 2.62 bits per heavy atom. The Morgan fingerprint density at radius 1 is 1.24 bits per heavy atom. The predicted molar refractivity (Wildman–Crippen MR) is 110 cm³/mol. The Kier molecular flexibility index (Phi) is 8.51. The highest BCUT2D eigenvalue weighted by Crippen LogP contribution is 2.24. The first-order chi connectivity index (χ1) is 13.8. The van der Waals surface area contributed by atoms with E-state index in [1.807, 2.05) is 35.7 Å². The number of unbranched alkanes of at least 4 members (excludes halogenated alkanes) is 1. The molecule has 2 aromatic rings. The summed E-state index contributed by atoms with van der Waals surface area (Å²) < 4.78 is 28.4. The van der Waals surface area contributed by atoms with E-state index in [2.05, 4.69) is 25.1 Å². The molecule has 0 fully saturated rings.